The zero-order valence-corrected chi connectivity index (χ0v) is 17.0. The van der Waals surface area contributed by atoms with Crippen LogP contribution < -0.4 is 4.72 Å². The van der Waals surface area contributed by atoms with E-state index in [4.69, 9.17) is 20.9 Å². The van der Waals surface area contributed by atoms with Gasteiger partial charge in [-0.05, 0) is 42.5 Å². The Kier molecular flexibility index (Phi) is 6.62. The zero-order chi connectivity index (χ0) is 22.6. The van der Waals surface area contributed by atoms with Crippen LogP contribution in [0.15, 0.2) is 57.9 Å². The fraction of sp³-hybridized carbons (Fsp3) is 0.167. The number of sulfonamides is 1. The summed E-state index contributed by atoms with van der Waals surface area (Å²) in [6, 6.07) is 9.69. The summed E-state index contributed by atoms with van der Waals surface area (Å²) in [7, 11) is -4.37. The number of benzene rings is 2. The lowest BCUT2D eigenvalue weighted by atomic mass is 10.2. The van der Waals surface area contributed by atoms with Crippen LogP contribution in [0.1, 0.15) is 11.5 Å². The fourth-order valence-electron chi connectivity index (χ4n) is 2.30. The molecule has 0 saturated heterocycles. The monoisotopic (exact) mass is 475 g/mol. The van der Waals surface area contributed by atoms with E-state index in [0.717, 1.165) is 18.2 Å². The molecule has 0 bridgehead atoms. The first-order valence-corrected chi connectivity index (χ1v) is 10.3. The van der Waals surface area contributed by atoms with Crippen molar-refractivity contribution in [2.24, 2.45) is 0 Å². The molecule has 0 atom stereocenters. The van der Waals surface area contributed by atoms with Gasteiger partial charge in [-0.25, -0.2) is 8.42 Å². The molecule has 13 heteroatoms. The van der Waals surface area contributed by atoms with Gasteiger partial charge in [-0.1, -0.05) is 22.8 Å². The minimum Gasteiger partial charge on any atom is -0.455 e. The summed E-state index contributed by atoms with van der Waals surface area (Å²) < 4.78 is 74.2. The molecule has 0 aliphatic rings. The lowest BCUT2D eigenvalue weighted by Crippen LogP contribution is -2.30. The highest BCUT2D eigenvalue weighted by Crippen LogP contribution is 2.30. The first kappa shape index (κ1) is 22.7. The predicted octanol–water partition coefficient (Wildman–Crippen LogP) is 3.43. The molecule has 0 aliphatic carbocycles. The lowest BCUT2D eigenvalue weighted by Gasteiger charge is -2.10. The molecule has 1 N–H and O–H groups in total. The van der Waals surface area contributed by atoms with E-state index in [1.54, 1.807) is 24.3 Å². The van der Waals surface area contributed by atoms with Crippen molar-refractivity contribution >= 4 is 27.6 Å². The van der Waals surface area contributed by atoms with Crippen molar-refractivity contribution in [3.63, 3.8) is 0 Å². The molecule has 31 heavy (non-hydrogen) atoms. The Balaban J connectivity index is 1.55. The average molecular weight is 476 g/mol. The second kappa shape index (κ2) is 9.04. The molecule has 0 amide bonds. The van der Waals surface area contributed by atoms with Crippen LogP contribution in [0, 0.1) is 0 Å². The van der Waals surface area contributed by atoms with E-state index in [9.17, 15) is 26.4 Å². The number of carbonyl (C=O) groups is 1. The maximum atomic E-state index is 12.7. The van der Waals surface area contributed by atoms with Gasteiger partial charge in [0.25, 0.3) is 5.89 Å². The Morgan fingerprint density at radius 2 is 1.87 bits per heavy atom. The second-order valence-electron chi connectivity index (χ2n) is 6.03. The first-order valence-electron chi connectivity index (χ1n) is 8.46. The highest BCUT2D eigenvalue weighted by Gasteiger charge is 2.31. The standard InChI is InChI=1S/C18H13ClF3N3O5S/c19-13-6-4-11(5-7-13)17-24-15(30-25-17)10-29-16(26)9-23-31(27,28)14-3-1-2-12(8-14)18(20,21)22/h1-8,23H,9-10H2. The van der Waals surface area contributed by atoms with E-state index in [1.165, 1.54) is 0 Å². The Hall–Kier alpha value is -2.96. The SMILES string of the molecule is O=C(CNS(=O)(=O)c1cccc(C(F)(F)F)c1)OCc1nc(-c2ccc(Cl)cc2)no1. The molecule has 3 aromatic rings. The van der Waals surface area contributed by atoms with Gasteiger partial charge in [0.2, 0.25) is 15.8 Å². The molecular formula is C18H13ClF3N3O5S. The Morgan fingerprint density at radius 1 is 1.16 bits per heavy atom. The van der Waals surface area contributed by atoms with Crippen LogP contribution in [0.2, 0.25) is 5.02 Å². The van der Waals surface area contributed by atoms with Gasteiger partial charge in [-0.3, -0.25) is 4.79 Å². The fourth-order valence-corrected chi connectivity index (χ4v) is 3.44. The summed E-state index contributed by atoms with van der Waals surface area (Å²) >= 11 is 5.80. The number of hydrogen-bond donors (Lipinski definition) is 1. The van der Waals surface area contributed by atoms with Crippen LogP contribution in [-0.4, -0.2) is 31.1 Å². The Morgan fingerprint density at radius 3 is 2.55 bits per heavy atom. The summed E-state index contributed by atoms with van der Waals surface area (Å²) in [5.41, 5.74) is -0.523. The van der Waals surface area contributed by atoms with Crippen molar-refractivity contribution < 1.29 is 35.6 Å². The van der Waals surface area contributed by atoms with Crippen molar-refractivity contribution in [3.8, 4) is 11.4 Å². The van der Waals surface area contributed by atoms with Crippen LogP contribution in [0.4, 0.5) is 13.2 Å². The molecule has 1 aromatic heterocycles. The number of hydrogen-bond acceptors (Lipinski definition) is 7. The summed E-state index contributed by atoms with van der Waals surface area (Å²) in [6.45, 7) is -1.23. The predicted molar refractivity (Wildman–Crippen MR) is 101 cm³/mol. The number of esters is 1. The summed E-state index contributed by atoms with van der Waals surface area (Å²) in [5, 5.41) is 4.25. The quantitative estimate of drug-likeness (QED) is 0.521. The van der Waals surface area contributed by atoms with Crippen molar-refractivity contribution in [2.75, 3.05) is 6.54 Å². The molecule has 0 radical (unpaired) electrons. The van der Waals surface area contributed by atoms with E-state index in [-0.39, 0.29) is 11.7 Å². The lowest BCUT2D eigenvalue weighted by molar-refractivity contribution is -0.144. The maximum absolute atomic E-state index is 12.7. The molecule has 0 unspecified atom stereocenters. The van der Waals surface area contributed by atoms with E-state index >= 15 is 0 Å². The van der Waals surface area contributed by atoms with Crippen LogP contribution in [-0.2, 0) is 32.3 Å². The van der Waals surface area contributed by atoms with E-state index in [2.05, 4.69) is 10.1 Å². The van der Waals surface area contributed by atoms with Crippen LogP contribution in [0.3, 0.4) is 0 Å². The second-order valence-corrected chi connectivity index (χ2v) is 8.23. The molecule has 164 valence electrons. The van der Waals surface area contributed by atoms with Gasteiger partial charge < -0.3 is 9.26 Å². The van der Waals surface area contributed by atoms with Gasteiger partial charge in [0.05, 0.1) is 10.5 Å². The van der Waals surface area contributed by atoms with E-state index in [1.807, 2.05) is 4.72 Å². The summed E-state index contributed by atoms with van der Waals surface area (Å²) in [6.07, 6.45) is -4.71. The minimum atomic E-state index is -4.71. The number of rotatable bonds is 7. The van der Waals surface area contributed by atoms with Gasteiger partial charge in [-0.15, -0.1) is 0 Å². The number of nitrogens with zero attached hydrogens (tertiary/aromatic N) is 2. The van der Waals surface area contributed by atoms with E-state index in [0.29, 0.717) is 16.7 Å². The number of nitrogens with one attached hydrogen (secondary N) is 1. The number of carbonyl (C=O) groups excluding carboxylic acids is 1. The number of aromatic nitrogens is 2. The molecule has 3 rings (SSSR count). The Bertz CT molecular complexity index is 1180. The molecule has 2 aromatic carbocycles. The normalized spacial score (nSPS) is 12.0. The number of alkyl halides is 3. The maximum Gasteiger partial charge on any atom is 0.416 e. The third kappa shape index (κ3) is 6.03. The molecule has 1 heterocycles. The first-order chi connectivity index (χ1) is 14.5. The van der Waals surface area contributed by atoms with Gasteiger partial charge in [-0.2, -0.15) is 22.9 Å². The van der Waals surface area contributed by atoms with Gasteiger partial charge >= 0.3 is 12.1 Å². The molecule has 0 spiro atoms. The van der Waals surface area contributed by atoms with E-state index < -0.39 is 45.8 Å². The summed E-state index contributed by atoms with van der Waals surface area (Å²) in [5.74, 6) is -0.811. The third-order valence-corrected chi connectivity index (χ3v) is 5.46. The smallest absolute Gasteiger partial charge is 0.416 e. The molecule has 8 nitrogen and oxygen atoms in total. The zero-order valence-electron chi connectivity index (χ0n) is 15.4. The molecular weight excluding hydrogens is 463 g/mol. The van der Waals surface area contributed by atoms with Gasteiger partial charge in [0, 0.05) is 10.6 Å². The topological polar surface area (TPSA) is 111 Å². The molecule has 0 aliphatic heterocycles. The third-order valence-electron chi connectivity index (χ3n) is 3.81. The molecule has 0 saturated carbocycles. The van der Waals surface area contributed by atoms with Gasteiger partial charge in [0.15, 0.2) is 6.61 Å². The van der Waals surface area contributed by atoms with Crippen molar-refractivity contribution in [1.29, 1.82) is 0 Å². The van der Waals surface area contributed by atoms with Crippen molar-refractivity contribution in [3.05, 3.63) is 65.0 Å². The van der Waals surface area contributed by atoms with Crippen molar-refractivity contribution in [1.82, 2.24) is 14.9 Å². The van der Waals surface area contributed by atoms with Crippen LogP contribution in [0.25, 0.3) is 11.4 Å². The largest absolute Gasteiger partial charge is 0.455 e. The number of ether oxygens (including phenoxy) is 1. The van der Waals surface area contributed by atoms with Crippen LogP contribution in [0.5, 0.6) is 0 Å². The highest BCUT2D eigenvalue weighted by molar-refractivity contribution is 7.89. The average Bonchev–Trinajstić information content (AvgIpc) is 3.20. The van der Waals surface area contributed by atoms with Crippen molar-refractivity contribution in [2.45, 2.75) is 17.7 Å². The number of halogens is 4. The van der Waals surface area contributed by atoms with Crippen LogP contribution >= 0.6 is 11.6 Å². The minimum absolute atomic E-state index is 0.0426. The summed E-state index contributed by atoms with van der Waals surface area (Å²) in [4.78, 5) is 15.2. The highest BCUT2D eigenvalue weighted by atomic mass is 35.5. The molecule has 0 fully saturated rings. The van der Waals surface area contributed by atoms with Gasteiger partial charge in [0.1, 0.15) is 6.54 Å². The Labute approximate surface area is 179 Å².